The van der Waals surface area contributed by atoms with Crippen LogP contribution in [0.15, 0.2) is 0 Å². The Kier molecular flexibility index (Phi) is 9.94. The van der Waals surface area contributed by atoms with E-state index in [9.17, 15) is 0 Å². The van der Waals surface area contributed by atoms with Crippen LogP contribution in [0.5, 0.6) is 0 Å². The Morgan fingerprint density at radius 2 is 1.77 bits per heavy atom. The quantitative estimate of drug-likeness (QED) is 0.543. The number of hydrogen-bond acceptors (Lipinski definition) is 2. The minimum atomic E-state index is 0.269. The molecule has 13 heavy (non-hydrogen) atoms. The normalized spacial score (nSPS) is 13.2. The molecule has 0 amide bonds. The van der Waals surface area contributed by atoms with Crippen LogP contribution in [0.4, 0.5) is 0 Å². The van der Waals surface area contributed by atoms with Gasteiger partial charge in [0, 0.05) is 6.04 Å². The Morgan fingerprint density at radius 1 is 1.08 bits per heavy atom. The summed E-state index contributed by atoms with van der Waals surface area (Å²) in [4.78, 5) is 0. The molecule has 0 fully saturated rings. The minimum Gasteiger partial charge on any atom is -0.395 e. The fourth-order valence-corrected chi connectivity index (χ4v) is 1.37. The zero-order valence-electron chi connectivity index (χ0n) is 9.18. The molecule has 0 spiro atoms. The van der Waals surface area contributed by atoms with E-state index in [2.05, 4.69) is 19.2 Å². The third-order valence-electron chi connectivity index (χ3n) is 2.43. The van der Waals surface area contributed by atoms with E-state index in [0.717, 1.165) is 13.0 Å². The number of nitrogens with one attached hydrogen (secondary N) is 1. The monoisotopic (exact) mass is 187 g/mol. The number of aliphatic hydroxyl groups is 1. The molecular formula is C11H25NO. The van der Waals surface area contributed by atoms with Gasteiger partial charge in [-0.3, -0.25) is 0 Å². The molecule has 1 atom stereocenters. The fraction of sp³-hybridized carbons (Fsp3) is 1.00. The van der Waals surface area contributed by atoms with Crippen molar-refractivity contribution in [3.63, 3.8) is 0 Å². The summed E-state index contributed by atoms with van der Waals surface area (Å²) in [7, 11) is 0. The van der Waals surface area contributed by atoms with Crippen molar-refractivity contribution in [2.45, 2.75) is 58.4 Å². The molecule has 2 nitrogen and oxygen atoms in total. The Labute approximate surface area is 82.7 Å². The predicted molar refractivity (Wildman–Crippen MR) is 57.9 cm³/mol. The van der Waals surface area contributed by atoms with E-state index in [1.54, 1.807) is 0 Å². The van der Waals surface area contributed by atoms with Crippen LogP contribution in [0.25, 0.3) is 0 Å². The predicted octanol–water partition coefficient (Wildman–Crippen LogP) is 2.32. The van der Waals surface area contributed by atoms with E-state index in [0.29, 0.717) is 6.04 Å². The van der Waals surface area contributed by atoms with Gasteiger partial charge in [-0.2, -0.15) is 0 Å². The van der Waals surface area contributed by atoms with Gasteiger partial charge in [0.2, 0.25) is 0 Å². The van der Waals surface area contributed by atoms with Gasteiger partial charge < -0.3 is 10.4 Å². The molecular weight excluding hydrogens is 162 g/mol. The van der Waals surface area contributed by atoms with Crippen molar-refractivity contribution in [1.29, 1.82) is 0 Å². The van der Waals surface area contributed by atoms with Crippen LogP contribution in [0.1, 0.15) is 52.4 Å². The lowest BCUT2D eigenvalue weighted by atomic mass is 10.1. The molecule has 0 saturated heterocycles. The van der Waals surface area contributed by atoms with Crippen LogP contribution in [-0.4, -0.2) is 24.3 Å². The van der Waals surface area contributed by atoms with Gasteiger partial charge in [0.15, 0.2) is 0 Å². The maximum Gasteiger partial charge on any atom is 0.0584 e. The van der Waals surface area contributed by atoms with Gasteiger partial charge in [-0.15, -0.1) is 0 Å². The highest BCUT2D eigenvalue weighted by atomic mass is 16.3. The summed E-state index contributed by atoms with van der Waals surface area (Å²) >= 11 is 0. The first-order valence-electron chi connectivity index (χ1n) is 5.69. The van der Waals surface area contributed by atoms with E-state index >= 15 is 0 Å². The second-order valence-electron chi connectivity index (χ2n) is 3.66. The molecule has 0 bridgehead atoms. The van der Waals surface area contributed by atoms with Crippen molar-refractivity contribution >= 4 is 0 Å². The summed E-state index contributed by atoms with van der Waals surface area (Å²) < 4.78 is 0. The molecule has 0 aliphatic heterocycles. The zero-order valence-corrected chi connectivity index (χ0v) is 9.18. The van der Waals surface area contributed by atoms with E-state index < -0.39 is 0 Å². The molecule has 0 rings (SSSR count). The van der Waals surface area contributed by atoms with Gasteiger partial charge >= 0.3 is 0 Å². The topological polar surface area (TPSA) is 32.3 Å². The molecule has 0 aliphatic carbocycles. The van der Waals surface area contributed by atoms with Gasteiger partial charge in [-0.25, -0.2) is 0 Å². The summed E-state index contributed by atoms with van der Waals surface area (Å²) in [5, 5.41) is 12.3. The Hall–Kier alpha value is -0.0800. The number of hydrogen-bond donors (Lipinski definition) is 2. The summed E-state index contributed by atoms with van der Waals surface area (Å²) in [6, 6.07) is 0.311. The van der Waals surface area contributed by atoms with E-state index in [4.69, 9.17) is 5.11 Å². The van der Waals surface area contributed by atoms with E-state index in [-0.39, 0.29) is 6.61 Å². The van der Waals surface area contributed by atoms with E-state index in [1.165, 1.54) is 32.1 Å². The molecule has 1 unspecified atom stereocenters. The molecule has 0 aromatic rings. The van der Waals surface area contributed by atoms with Crippen LogP contribution in [0, 0.1) is 0 Å². The van der Waals surface area contributed by atoms with Gasteiger partial charge in [0.25, 0.3) is 0 Å². The summed E-state index contributed by atoms with van der Waals surface area (Å²) in [5.74, 6) is 0. The van der Waals surface area contributed by atoms with Crippen molar-refractivity contribution in [2.24, 2.45) is 0 Å². The average Bonchev–Trinajstić information content (AvgIpc) is 2.17. The highest BCUT2D eigenvalue weighted by Crippen LogP contribution is 2.01. The molecule has 0 aliphatic rings. The minimum absolute atomic E-state index is 0.269. The molecule has 80 valence electrons. The Morgan fingerprint density at radius 3 is 2.31 bits per heavy atom. The SMILES string of the molecule is CCCCCCCNC(CC)CO. The maximum absolute atomic E-state index is 8.90. The van der Waals surface area contributed by atoms with Crippen LogP contribution in [-0.2, 0) is 0 Å². The standard InChI is InChI=1S/C11H25NO/c1-3-5-6-7-8-9-12-11(4-2)10-13/h11-13H,3-10H2,1-2H3. The fourth-order valence-electron chi connectivity index (χ4n) is 1.37. The first-order chi connectivity index (χ1) is 6.35. The third kappa shape index (κ3) is 8.26. The van der Waals surface area contributed by atoms with Crippen LogP contribution < -0.4 is 5.32 Å². The molecule has 0 aromatic carbocycles. The number of aliphatic hydroxyl groups excluding tert-OH is 1. The first-order valence-corrected chi connectivity index (χ1v) is 5.69. The van der Waals surface area contributed by atoms with Crippen molar-refractivity contribution in [3.8, 4) is 0 Å². The Balaban J connectivity index is 3.05. The maximum atomic E-state index is 8.90. The van der Waals surface area contributed by atoms with Gasteiger partial charge in [-0.1, -0.05) is 39.5 Å². The molecule has 2 heteroatoms. The second kappa shape index (κ2) is 10.0. The lowest BCUT2D eigenvalue weighted by Gasteiger charge is -2.13. The highest BCUT2D eigenvalue weighted by molar-refractivity contribution is 4.62. The number of unbranched alkanes of at least 4 members (excludes halogenated alkanes) is 4. The molecule has 0 saturated carbocycles. The van der Waals surface area contributed by atoms with Crippen LogP contribution in [0.3, 0.4) is 0 Å². The van der Waals surface area contributed by atoms with Crippen molar-refractivity contribution in [3.05, 3.63) is 0 Å². The Bertz CT molecular complexity index is 92.1. The summed E-state index contributed by atoms with van der Waals surface area (Å²) in [6.07, 6.45) is 7.61. The largest absolute Gasteiger partial charge is 0.395 e. The second-order valence-corrected chi connectivity index (χ2v) is 3.66. The average molecular weight is 187 g/mol. The smallest absolute Gasteiger partial charge is 0.0584 e. The van der Waals surface area contributed by atoms with Crippen LogP contribution >= 0.6 is 0 Å². The van der Waals surface area contributed by atoms with Crippen LogP contribution in [0.2, 0.25) is 0 Å². The lowest BCUT2D eigenvalue weighted by molar-refractivity contribution is 0.238. The third-order valence-corrected chi connectivity index (χ3v) is 2.43. The highest BCUT2D eigenvalue weighted by Gasteiger charge is 2.01. The van der Waals surface area contributed by atoms with Crippen molar-refractivity contribution in [2.75, 3.05) is 13.2 Å². The van der Waals surface area contributed by atoms with Crippen molar-refractivity contribution < 1.29 is 5.11 Å². The van der Waals surface area contributed by atoms with Gasteiger partial charge in [0.05, 0.1) is 6.61 Å². The molecule has 0 radical (unpaired) electrons. The first kappa shape index (κ1) is 12.9. The number of rotatable bonds is 9. The lowest BCUT2D eigenvalue weighted by Crippen LogP contribution is -2.32. The summed E-state index contributed by atoms with van der Waals surface area (Å²) in [6.45, 7) is 5.66. The molecule has 0 heterocycles. The van der Waals surface area contributed by atoms with Gasteiger partial charge in [-0.05, 0) is 19.4 Å². The van der Waals surface area contributed by atoms with E-state index in [1.807, 2.05) is 0 Å². The molecule has 0 aromatic heterocycles. The van der Waals surface area contributed by atoms with Gasteiger partial charge in [0.1, 0.15) is 0 Å². The molecule has 2 N–H and O–H groups in total. The zero-order chi connectivity index (χ0) is 9.94. The summed E-state index contributed by atoms with van der Waals surface area (Å²) in [5.41, 5.74) is 0. The van der Waals surface area contributed by atoms with Crippen molar-refractivity contribution in [1.82, 2.24) is 5.32 Å².